The van der Waals surface area contributed by atoms with E-state index in [0.29, 0.717) is 22.6 Å². The Morgan fingerprint density at radius 2 is 2.13 bits per heavy atom. The van der Waals surface area contributed by atoms with Gasteiger partial charge in [-0.25, -0.2) is 4.39 Å². The minimum atomic E-state index is -0.671. The van der Waals surface area contributed by atoms with Crippen molar-refractivity contribution in [2.24, 2.45) is 0 Å². The number of halogens is 2. The number of benzene rings is 1. The van der Waals surface area contributed by atoms with Gasteiger partial charge in [0.2, 0.25) is 0 Å². The molecule has 0 heterocycles. The van der Waals surface area contributed by atoms with Crippen molar-refractivity contribution in [1.82, 2.24) is 5.32 Å². The van der Waals surface area contributed by atoms with E-state index in [1.165, 1.54) is 6.07 Å². The third-order valence-electron chi connectivity index (χ3n) is 2.05. The summed E-state index contributed by atoms with van der Waals surface area (Å²) in [7, 11) is 0. The minimum absolute atomic E-state index is 0.306. The molecule has 0 radical (unpaired) electrons. The van der Waals surface area contributed by atoms with E-state index in [1.54, 1.807) is 12.1 Å². The van der Waals surface area contributed by atoms with Crippen LogP contribution in [0.25, 0.3) is 0 Å². The summed E-state index contributed by atoms with van der Waals surface area (Å²) in [6.45, 7) is 4.42. The van der Waals surface area contributed by atoms with Gasteiger partial charge in [-0.3, -0.25) is 0 Å². The van der Waals surface area contributed by atoms with E-state index >= 15 is 0 Å². The van der Waals surface area contributed by atoms with Gasteiger partial charge in [0.25, 0.3) is 0 Å². The predicted molar refractivity (Wildman–Crippen MR) is 62.2 cm³/mol. The topological polar surface area (TPSA) is 32.3 Å². The average molecular weight is 276 g/mol. The number of hydrogen-bond donors (Lipinski definition) is 2. The first-order valence-electron chi connectivity index (χ1n) is 4.87. The number of rotatable bonds is 4. The van der Waals surface area contributed by atoms with Gasteiger partial charge in [0, 0.05) is 12.6 Å². The third-order valence-corrected chi connectivity index (χ3v) is 2.69. The Bertz CT molecular complexity index is 330. The Labute approximate surface area is 97.6 Å². The maximum Gasteiger partial charge on any atom is 0.137 e. The molecule has 0 spiro atoms. The van der Waals surface area contributed by atoms with Crippen molar-refractivity contribution in [3.8, 4) is 0 Å². The highest BCUT2D eigenvalue weighted by atomic mass is 79.9. The van der Waals surface area contributed by atoms with Crippen LogP contribution in [0.2, 0.25) is 0 Å². The molecule has 1 rings (SSSR count). The van der Waals surface area contributed by atoms with E-state index in [2.05, 4.69) is 21.2 Å². The third kappa shape index (κ3) is 3.89. The molecule has 0 bridgehead atoms. The summed E-state index contributed by atoms with van der Waals surface area (Å²) < 4.78 is 13.6. The maximum absolute atomic E-state index is 13.2. The minimum Gasteiger partial charge on any atom is -0.387 e. The van der Waals surface area contributed by atoms with Crippen molar-refractivity contribution in [3.63, 3.8) is 0 Å². The molecule has 84 valence electrons. The molecule has 0 saturated carbocycles. The van der Waals surface area contributed by atoms with Crippen LogP contribution in [0.15, 0.2) is 22.7 Å². The summed E-state index contributed by atoms with van der Waals surface area (Å²) in [4.78, 5) is 0. The molecule has 15 heavy (non-hydrogen) atoms. The molecule has 1 unspecified atom stereocenters. The lowest BCUT2D eigenvalue weighted by Gasteiger charge is -2.14. The number of nitrogens with one attached hydrogen (secondary N) is 1. The quantitative estimate of drug-likeness (QED) is 0.886. The summed E-state index contributed by atoms with van der Waals surface area (Å²) >= 11 is 3.07. The summed E-state index contributed by atoms with van der Waals surface area (Å²) in [5.74, 6) is -0.351. The van der Waals surface area contributed by atoms with E-state index in [4.69, 9.17) is 0 Å². The Kier molecular flexibility index (Phi) is 4.70. The van der Waals surface area contributed by atoms with Gasteiger partial charge in [-0.2, -0.15) is 0 Å². The zero-order valence-corrected chi connectivity index (χ0v) is 10.4. The fourth-order valence-corrected chi connectivity index (χ4v) is 1.43. The largest absolute Gasteiger partial charge is 0.387 e. The molecule has 0 amide bonds. The second-order valence-corrected chi connectivity index (χ2v) is 4.61. The van der Waals surface area contributed by atoms with E-state index in [9.17, 15) is 9.50 Å². The molecule has 4 heteroatoms. The Balaban J connectivity index is 2.65. The van der Waals surface area contributed by atoms with E-state index in [1.807, 2.05) is 13.8 Å². The first kappa shape index (κ1) is 12.6. The fraction of sp³-hybridized carbons (Fsp3) is 0.455. The maximum atomic E-state index is 13.2. The molecule has 0 aliphatic rings. The predicted octanol–water partition coefficient (Wildman–Crippen LogP) is 2.62. The second-order valence-electron chi connectivity index (χ2n) is 3.75. The fourth-order valence-electron chi connectivity index (χ4n) is 1.18. The van der Waals surface area contributed by atoms with Gasteiger partial charge in [0.15, 0.2) is 0 Å². The van der Waals surface area contributed by atoms with E-state index in [0.717, 1.165) is 0 Å². The van der Waals surface area contributed by atoms with Crippen LogP contribution >= 0.6 is 15.9 Å². The molecule has 1 atom stereocenters. The van der Waals surface area contributed by atoms with Crippen LogP contribution in [0, 0.1) is 5.82 Å². The molecule has 0 saturated heterocycles. The lowest BCUT2D eigenvalue weighted by Crippen LogP contribution is -2.27. The summed E-state index contributed by atoms with van der Waals surface area (Å²) in [6.07, 6.45) is -0.671. The second kappa shape index (κ2) is 5.58. The van der Waals surface area contributed by atoms with Crippen molar-refractivity contribution in [2.45, 2.75) is 26.0 Å². The smallest absolute Gasteiger partial charge is 0.137 e. The molecule has 0 fully saturated rings. The van der Waals surface area contributed by atoms with Crippen LogP contribution in [-0.2, 0) is 0 Å². The van der Waals surface area contributed by atoms with Gasteiger partial charge < -0.3 is 10.4 Å². The van der Waals surface area contributed by atoms with Crippen molar-refractivity contribution < 1.29 is 9.50 Å². The van der Waals surface area contributed by atoms with Crippen LogP contribution in [0.4, 0.5) is 4.39 Å². The highest BCUT2D eigenvalue weighted by Gasteiger charge is 2.09. The molecule has 1 aromatic carbocycles. The average Bonchev–Trinajstić information content (AvgIpc) is 2.18. The zero-order valence-electron chi connectivity index (χ0n) is 8.80. The number of hydrogen-bond acceptors (Lipinski definition) is 2. The summed E-state index contributed by atoms with van der Waals surface area (Å²) in [5, 5.41) is 12.8. The van der Waals surface area contributed by atoms with Crippen LogP contribution in [0.5, 0.6) is 0 Å². The highest BCUT2D eigenvalue weighted by Crippen LogP contribution is 2.20. The number of aliphatic hydroxyl groups is 1. The normalized spacial score (nSPS) is 13.2. The molecular formula is C11H15BrFNO. The van der Waals surface area contributed by atoms with Crippen LogP contribution in [-0.4, -0.2) is 17.7 Å². The lowest BCUT2D eigenvalue weighted by atomic mass is 10.1. The Morgan fingerprint density at radius 3 is 2.67 bits per heavy atom. The Hall–Kier alpha value is -0.450. The van der Waals surface area contributed by atoms with Gasteiger partial charge >= 0.3 is 0 Å². The Morgan fingerprint density at radius 1 is 1.47 bits per heavy atom. The molecule has 0 aliphatic heterocycles. The SMILES string of the molecule is CC(C)NCC(O)c1ccc(Br)c(F)c1. The van der Waals surface area contributed by atoms with Gasteiger partial charge in [-0.15, -0.1) is 0 Å². The lowest BCUT2D eigenvalue weighted by molar-refractivity contribution is 0.171. The molecule has 0 aromatic heterocycles. The van der Waals surface area contributed by atoms with Crippen LogP contribution in [0.1, 0.15) is 25.5 Å². The molecule has 2 nitrogen and oxygen atoms in total. The summed E-state index contributed by atoms with van der Waals surface area (Å²) in [5.41, 5.74) is 0.587. The molecular weight excluding hydrogens is 261 g/mol. The first-order valence-corrected chi connectivity index (χ1v) is 5.66. The molecule has 0 aliphatic carbocycles. The zero-order chi connectivity index (χ0) is 11.4. The van der Waals surface area contributed by atoms with Crippen LogP contribution < -0.4 is 5.32 Å². The van der Waals surface area contributed by atoms with Gasteiger partial charge in [0.05, 0.1) is 10.6 Å². The monoisotopic (exact) mass is 275 g/mol. The highest BCUT2D eigenvalue weighted by molar-refractivity contribution is 9.10. The standard InChI is InChI=1S/C11H15BrFNO/c1-7(2)14-6-11(15)8-3-4-9(12)10(13)5-8/h3-5,7,11,14-15H,6H2,1-2H3. The van der Waals surface area contributed by atoms with Crippen molar-refractivity contribution in [2.75, 3.05) is 6.54 Å². The van der Waals surface area contributed by atoms with Gasteiger partial charge in [-0.1, -0.05) is 19.9 Å². The van der Waals surface area contributed by atoms with Crippen molar-refractivity contribution in [1.29, 1.82) is 0 Å². The van der Waals surface area contributed by atoms with Crippen molar-refractivity contribution >= 4 is 15.9 Å². The van der Waals surface area contributed by atoms with Crippen molar-refractivity contribution in [3.05, 3.63) is 34.1 Å². The van der Waals surface area contributed by atoms with Gasteiger partial charge in [0.1, 0.15) is 5.82 Å². The molecule has 2 N–H and O–H groups in total. The van der Waals surface area contributed by atoms with E-state index in [-0.39, 0.29) is 5.82 Å². The van der Waals surface area contributed by atoms with Crippen LogP contribution in [0.3, 0.4) is 0 Å². The molecule has 1 aromatic rings. The first-order chi connectivity index (χ1) is 7.00. The van der Waals surface area contributed by atoms with E-state index < -0.39 is 6.10 Å². The number of aliphatic hydroxyl groups excluding tert-OH is 1. The van der Waals surface area contributed by atoms with Gasteiger partial charge in [-0.05, 0) is 33.6 Å². The summed E-state index contributed by atoms with van der Waals surface area (Å²) in [6, 6.07) is 4.96.